The molecule has 0 bridgehead atoms. The van der Waals surface area contributed by atoms with Crippen LogP contribution in [0.2, 0.25) is 0 Å². The number of rotatable bonds is 6. The first kappa shape index (κ1) is 22.3. The molecule has 32 heavy (non-hydrogen) atoms. The van der Waals surface area contributed by atoms with Crippen LogP contribution in [-0.4, -0.2) is 25.7 Å². The Morgan fingerprint density at radius 2 is 2.06 bits per heavy atom. The van der Waals surface area contributed by atoms with Gasteiger partial charge in [0.15, 0.2) is 0 Å². The molecule has 0 radical (unpaired) electrons. The van der Waals surface area contributed by atoms with Crippen LogP contribution in [0, 0.1) is 17.2 Å². The van der Waals surface area contributed by atoms with Gasteiger partial charge in [-0.3, -0.25) is 4.79 Å². The molecule has 0 saturated heterocycles. The van der Waals surface area contributed by atoms with E-state index in [0.29, 0.717) is 27.8 Å². The summed E-state index contributed by atoms with van der Waals surface area (Å²) in [5.41, 5.74) is 1.91. The number of sulfonamides is 1. The van der Waals surface area contributed by atoms with E-state index < -0.39 is 10.0 Å². The third kappa shape index (κ3) is 4.35. The van der Waals surface area contributed by atoms with Gasteiger partial charge in [0.05, 0.1) is 23.3 Å². The van der Waals surface area contributed by atoms with Crippen molar-refractivity contribution in [1.29, 1.82) is 5.26 Å². The number of fused-ring (bicyclic) bond motifs is 1. The Kier molecular flexibility index (Phi) is 6.20. The van der Waals surface area contributed by atoms with Crippen molar-refractivity contribution in [2.45, 2.75) is 37.6 Å². The minimum absolute atomic E-state index is 0.0846. The van der Waals surface area contributed by atoms with Crippen molar-refractivity contribution in [3.8, 4) is 6.07 Å². The SMILES string of the molecule is C[C@@H]1CCc2c(sc(NC(=O)c3ccc(S(=O)(=O)N(C)Cc4ccco4)cc3)c2C#N)C1. The van der Waals surface area contributed by atoms with Crippen molar-refractivity contribution in [3.05, 3.63) is 70.0 Å². The standard InChI is InChI=1S/C23H23N3O4S2/c1-15-5-10-19-20(13-24)23(31-21(19)12-15)25-22(27)16-6-8-18(9-7-16)32(28,29)26(2)14-17-4-3-11-30-17/h3-4,6-9,11,15H,5,10,12,14H2,1-2H3,(H,25,27)/t15-/m1/s1. The van der Waals surface area contributed by atoms with Crippen LogP contribution in [0.3, 0.4) is 0 Å². The number of carbonyl (C=O) groups is 1. The molecule has 1 aliphatic rings. The molecule has 1 N–H and O–H groups in total. The predicted octanol–water partition coefficient (Wildman–Crippen LogP) is 4.41. The lowest BCUT2D eigenvalue weighted by Gasteiger charge is -2.17. The fourth-order valence-corrected chi connectivity index (χ4v) is 6.29. The molecule has 2 aromatic heterocycles. The first-order chi connectivity index (χ1) is 15.3. The number of benzene rings is 1. The van der Waals surface area contributed by atoms with E-state index in [-0.39, 0.29) is 17.3 Å². The van der Waals surface area contributed by atoms with Gasteiger partial charge in [-0.25, -0.2) is 8.42 Å². The zero-order valence-electron chi connectivity index (χ0n) is 17.8. The van der Waals surface area contributed by atoms with Gasteiger partial charge < -0.3 is 9.73 Å². The summed E-state index contributed by atoms with van der Waals surface area (Å²) in [6.45, 7) is 2.30. The third-order valence-corrected chi connectivity index (χ3v) is 8.62. The van der Waals surface area contributed by atoms with Gasteiger partial charge in [-0.1, -0.05) is 6.92 Å². The highest BCUT2D eigenvalue weighted by Crippen LogP contribution is 2.39. The van der Waals surface area contributed by atoms with E-state index in [2.05, 4.69) is 18.3 Å². The summed E-state index contributed by atoms with van der Waals surface area (Å²) in [5.74, 6) is 0.728. The van der Waals surface area contributed by atoms with Crippen LogP contribution in [0.15, 0.2) is 52.0 Å². The average Bonchev–Trinajstić information content (AvgIpc) is 3.40. The van der Waals surface area contributed by atoms with Gasteiger partial charge in [0.2, 0.25) is 10.0 Å². The number of hydrogen-bond donors (Lipinski definition) is 1. The van der Waals surface area contributed by atoms with Gasteiger partial charge >= 0.3 is 0 Å². The van der Waals surface area contributed by atoms with E-state index in [1.165, 1.54) is 53.2 Å². The maximum Gasteiger partial charge on any atom is 0.256 e. The minimum atomic E-state index is -3.73. The van der Waals surface area contributed by atoms with Crippen LogP contribution in [-0.2, 0) is 29.4 Å². The smallest absolute Gasteiger partial charge is 0.256 e. The highest BCUT2D eigenvalue weighted by atomic mass is 32.2. The van der Waals surface area contributed by atoms with E-state index in [1.54, 1.807) is 12.1 Å². The van der Waals surface area contributed by atoms with Crippen molar-refractivity contribution >= 4 is 32.3 Å². The average molecular weight is 470 g/mol. The Labute approximate surface area is 191 Å². The Morgan fingerprint density at radius 3 is 2.72 bits per heavy atom. The van der Waals surface area contributed by atoms with Crippen molar-refractivity contribution < 1.29 is 17.6 Å². The second-order valence-corrected chi connectivity index (χ2v) is 11.1. The van der Waals surface area contributed by atoms with Gasteiger partial charge in [-0.15, -0.1) is 11.3 Å². The van der Waals surface area contributed by atoms with Gasteiger partial charge in [0, 0.05) is 17.5 Å². The molecule has 1 aromatic carbocycles. The van der Waals surface area contributed by atoms with E-state index in [1.807, 2.05) is 0 Å². The summed E-state index contributed by atoms with van der Waals surface area (Å²) in [4.78, 5) is 14.0. The number of nitrogens with one attached hydrogen (secondary N) is 1. The Hall–Kier alpha value is -2.93. The first-order valence-corrected chi connectivity index (χ1v) is 12.5. The summed E-state index contributed by atoms with van der Waals surface area (Å²) in [6.07, 6.45) is 4.30. The van der Waals surface area contributed by atoms with E-state index >= 15 is 0 Å². The number of hydrogen-bond acceptors (Lipinski definition) is 6. The summed E-state index contributed by atoms with van der Waals surface area (Å²) in [7, 11) is -2.26. The van der Waals surface area contributed by atoms with Crippen LogP contribution >= 0.6 is 11.3 Å². The summed E-state index contributed by atoms with van der Waals surface area (Å²) in [6, 6.07) is 11.4. The number of carbonyl (C=O) groups excluding carboxylic acids is 1. The third-order valence-electron chi connectivity index (χ3n) is 5.63. The quantitative estimate of drug-likeness (QED) is 0.576. The lowest BCUT2D eigenvalue weighted by atomic mass is 9.88. The molecular formula is C23H23N3O4S2. The molecule has 0 fully saturated rings. The first-order valence-electron chi connectivity index (χ1n) is 10.2. The monoisotopic (exact) mass is 469 g/mol. The van der Waals surface area contributed by atoms with Crippen LogP contribution in [0.1, 0.15) is 45.5 Å². The van der Waals surface area contributed by atoms with Crippen LogP contribution in [0.25, 0.3) is 0 Å². The fourth-order valence-electron chi connectivity index (χ4n) is 3.80. The molecule has 0 aliphatic heterocycles. The number of amides is 1. The Bertz CT molecular complexity index is 1270. The van der Waals surface area contributed by atoms with E-state index in [0.717, 1.165) is 29.7 Å². The van der Waals surface area contributed by atoms with Gasteiger partial charge in [0.1, 0.15) is 16.8 Å². The highest BCUT2D eigenvalue weighted by molar-refractivity contribution is 7.89. The predicted molar refractivity (Wildman–Crippen MR) is 122 cm³/mol. The zero-order chi connectivity index (χ0) is 22.9. The second-order valence-electron chi connectivity index (χ2n) is 7.99. The second kappa shape index (κ2) is 8.90. The number of nitrogens with zero attached hydrogens (tertiary/aromatic N) is 2. The maximum absolute atomic E-state index is 12.8. The molecule has 1 aliphatic carbocycles. The number of furan rings is 1. The molecule has 7 nitrogen and oxygen atoms in total. The molecule has 1 amide bonds. The molecule has 0 spiro atoms. The number of anilines is 1. The van der Waals surface area contributed by atoms with E-state index in [4.69, 9.17) is 4.42 Å². The highest BCUT2D eigenvalue weighted by Gasteiger charge is 2.25. The lowest BCUT2D eigenvalue weighted by molar-refractivity contribution is 0.102. The summed E-state index contributed by atoms with van der Waals surface area (Å²) in [5, 5.41) is 13.0. The lowest BCUT2D eigenvalue weighted by Crippen LogP contribution is -2.26. The topological polar surface area (TPSA) is 103 Å². The summed E-state index contributed by atoms with van der Waals surface area (Å²) < 4.78 is 32.0. The van der Waals surface area contributed by atoms with Crippen molar-refractivity contribution in [2.24, 2.45) is 5.92 Å². The number of nitriles is 1. The molecular weight excluding hydrogens is 446 g/mol. The molecule has 0 unspecified atom stereocenters. The molecule has 0 saturated carbocycles. The molecule has 9 heteroatoms. The molecule has 2 heterocycles. The van der Waals surface area contributed by atoms with Crippen molar-refractivity contribution in [1.82, 2.24) is 4.31 Å². The fraction of sp³-hybridized carbons (Fsp3) is 0.304. The van der Waals surface area contributed by atoms with Crippen LogP contribution in [0.5, 0.6) is 0 Å². The summed E-state index contributed by atoms with van der Waals surface area (Å²) >= 11 is 1.46. The minimum Gasteiger partial charge on any atom is -0.468 e. The molecule has 3 aromatic rings. The van der Waals surface area contributed by atoms with Gasteiger partial charge in [-0.05, 0) is 67.1 Å². The van der Waals surface area contributed by atoms with Gasteiger partial charge in [-0.2, -0.15) is 9.57 Å². The normalized spacial score (nSPS) is 15.9. The van der Waals surface area contributed by atoms with Crippen molar-refractivity contribution in [3.63, 3.8) is 0 Å². The van der Waals surface area contributed by atoms with Crippen LogP contribution in [0.4, 0.5) is 5.00 Å². The molecule has 166 valence electrons. The Morgan fingerprint density at radius 1 is 1.31 bits per heavy atom. The zero-order valence-corrected chi connectivity index (χ0v) is 19.4. The van der Waals surface area contributed by atoms with E-state index in [9.17, 15) is 18.5 Å². The molecule has 1 atom stereocenters. The van der Waals surface area contributed by atoms with Crippen LogP contribution < -0.4 is 5.32 Å². The Balaban J connectivity index is 1.50. The number of thiophene rings is 1. The van der Waals surface area contributed by atoms with Gasteiger partial charge in [0.25, 0.3) is 5.91 Å². The molecule has 4 rings (SSSR count). The maximum atomic E-state index is 12.8. The van der Waals surface area contributed by atoms with Crippen molar-refractivity contribution in [2.75, 3.05) is 12.4 Å². The largest absolute Gasteiger partial charge is 0.468 e.